The summed E-state index contributed by atoms with van der Waals surface area (Å²) in [6, 6.07) is 8.22. The lowest BCUT2D eigenvalue weighted by Crippen LogP contribution is -2.01. The van der Waals surface area contributed by atoms with Crippen LogP contribution in [0.25, 0.3) is 4.85 Å². The lowest BCUT2D eigenvalue weighted by molar-refractivity contribution is 0.588. The van der Waals surface area contributed by atoms with Crippen molar-refractivity contribution in [2.75, 3.05) is 0 Å². The standard InChI is InChI=1S/C15H6Cl2F2N2/c1-21-15-13(18)11(7-20)10(12(17)14(15)19)6-8-2-4-9(16)5-3-8/h2-5H,6H2. The van der Waals surface area contributed by atoms with Crippen LogP contribution in [0.1, 0.15) is 16.7 Å². The second-order valence-corrected chi connectivity index (χ2v) is 4.99. The van der Waals surface area contributed by atoms with Gasteiger partial charge in [-0.2, -0.15) is 5.26 Å². The lowest BCUT2D eigenvalue weighted by Gasteiger charge is -2.11. The summed E-state index contributed by atoms with van der Waals surface area (Å²) in [6.45, 7) is 6.77. The fraction of sp³-hybridized carbons (Fsp3) is 0.0667. The smallest absolute Gasteiger partial charge is 0.232 e. The largest absolute Gasteiger partial charge is 0.259 e. The summed E-state index contributed by atoms with van der Waals surface area (Å²) in [5.74, 6) is -2.33. The fourth-order valence-electron chi connectivity index (χ4n) is 1.88. The first-order valence-electron chi connectivity index (χ1n) is 5.71. The van der Waals surface area contributed by atoms with Crippen LogP contribution >= 0.6 is 23.2 Å². The van der Waals surface area contributed by atoms with Crippen LogP contribution in [0.15, 0.2) is 24.3 Å². The van der Waals surface area contributed by atoms with Gasteiger partial charge in [0, 0.05) is 11.4 Å². The topological polar surface area (TPSA) is 28.1 Å². The minimum atomic E-state index is -1.18. The van der Waals surface area contributed by atoms with Crippen LogP contribution in [-0.2, 0) is 6.42 Å². The minimum absolute atomic E-state index is 0.0175. The van der Waals surface area contributed by atoms with Crippen LogP contribution in [0.5, 0.6) is 0 Å². The lowest BCUT2D eigenvalue weighted by atomic mass is 9.98. The molecule has 0 saturated carbocycles. The molecule has 0 unspecified atom stereocenters. The van der Waals surface area contributed by atoms with E-state index in [2.05, 4.69) is 4.85 Å². The van der Waals surface area contributed by atoms with Gasteiger partial charge in [-0.05, 0) is 23.3 Å². The summed E-state index contributed by atoms with van der Waals surface area (Å²) >= 11 is 11.6. The summed E-state index contributed by atoms with van der Waals surface area (Å²) in [4.78, 5) is 2.75. The molecule has 0 aliphatic heterocycles. The molecule has 2 aromatic rings. The van der Waals surface area contributed by atoms with Gasteiger partial charge in [0.05, 0.1) is 17.2 Å². The Kier molecular flexibility index (Phi) is 4.43. The second-order valence-electron chi connectivity index (χ2n) is 4.17. The zero-order valence-corrected chi connectivity index (χ0v) is 11.9. The summed E-state index contributed by atoms with van der Waals surface area (Å²) in [5, 5.41) is 9.17. The van der Waals surface area contributed by atoms with Gasteiger partial charge >= 0.3 is 0 Å². The van der Waals surface area contributed by atoms with Gasteiger partial charge in [0.15, 0.2) is 11.6 Å². The zero-order chi connectivity index (χ0) is 15.6. The molecule has 0 bridgehead atoms. The van der Waals surface area contributed by atoms with E-state index in [1.165, 1.54) is 0 Å². The van der Waals surface area contributed by atoms with E-state index in [1.54, 1.807) is 30.3 Å². The number of rotatable bonds is 2. The molecule has 0 spiro atoms. The highest BCUT2D eigenvalue weighted by molar-refractivity contribution is 6.32. The summed E-state index contributed by atoms with van der Waals surface area (Å²) < 4.78 is 27.9. The molecule has 2 aromatic carbocycles. The van der Waals surface area contributed by atoms with E-state index in [0.717, 1.165) is 0 Å². The van der Waals surface area contributed by atoms with E-state index in [0.29, 0.717) is 10.6 Å². The van der Waals surface area contributed by atoms with E-state index in [4.69, 9.17) is 35.0 Å². The van der Waals surface area contributed by atoms with Gasteiger partial charge in [-0.3, -0.25) is 0 Å². The molecule has 6 heteroatoms. The maximum Gasteiger partial charge on any atom is 0.259 e. The Morgan fingerprint density at radius 2 is 1.76 bits per heavy atom. The molecule has 21 heavy (non-hydrogen) atoms. The highest BCUT2D eigenvalue weighted by Crippen LogP contribution is 2.36. The minimum Gasteiger partial charge on any atom is -0.232 e. The molecule has 0 aliphatic rings. The van der Waals surface area contributed by atoms with Gasteiger partial charge in [-0.15, -0.1) is 0 Å². The molecule has 2 nitrogen and oxygen atoms in total. The number of benzene rings is 2. The van der Waals surface area contributed by atoms with E-state index >= 15 is 0 Å². The first-order chi connectivity index (χ1) is 9.99. The third-order valence-corrected chi connectivity index (χ3v) is 3.56. The molecular formula is C15H6Cl2F2N2. The van der Waals surface area contributed by atoms with Crippen LogP contribution in [0.2, 0.25) is 10.0 Å². The molecular weight excluding hydrogens is 317 g/mol. The van der Waals surface area contributed by atoms with Crippen LogP contribution in [0.3, 0.4) is 0 Å². The predicted molar refractivity (Wildman–Crippen MR) is 76.6 cm³/mol. The van der Waals surface area contributed by atoms with Crippen molar-refractivity contribution in [2.45, 2.75) is 6.42 Å². The van der Waals surface area contributed by atoms with Gasteiger partial charge in [0.2, 0.25) is 0 Å². The molecule has 0 fully saturated rings. The normalized spacial score (nSPS) is 10.0. The van der Waals surface area contributed by atoms with Crippen LogP contribution < -0.4 is 0 Å². The molecule has 0 N–H and O–H groups in total. The molecule has 0 aliphatic carbocycles. The van der Waals surface area contributed by atoms with Crippen molar-refractivity contribution in [3.05, 3.63) is 74.1 Å². The molecule has 0 amide bonds. The molecule has 0 heterocycles. The maximum absolute atomic E-state index is 14.0. The van der Waals surface area contributed by atoms with Crippen molar-refractivity contribution < 1.29 is 8.78 Å². The number of hydrogen-bond donors (Lipinski definition) is 0. The fourth-order valence-corrected chi connectivity index (χ4v) is 2.26. The Bertz CT molecular complexity index is 788. The van der Waals surface area contributed by atoms with Crippen molar-refractivity contribution in [3.8, 4) is 6.07 Å². The summed E-state index contributed by atoms with van der Waals surface area (Å²) in [6.07, 6.45) is 0.0605. The van der Waals surface area contributed by atoms with Gasteiger partial charge in [0.1, 0.15) is 6.07 Å². The monoisotopic (exact) mass is 322 g/mol. The average molecular weight is 323 g/mol. The predicted octanol–water partition coefficient (Wildman–Crippen LogP) is 5.28. The van der Waals surface area contributed by atoms with Crippen molar-refractivity contribution >= 4 is 28.9 Å². The molecule has 0 radical (unpaired) electrons. The number of nitriles is 1. The highest BCUT2D eigenvalue weighted by atomic mass is 35.5. The molecule has 0 saturated heterocycles. The molecule has 0 atom stereocenters. The van der Waals surface area contributed by atoms with E-state index < -0.39 is 27.9 Å². The van der Waals surface area contributed by atoms with Crippen LogP contribution in [0, 0.1) is 29.5 Å². The Hall–Kier alpha value is -2.14. The summed E-state index contributed by atoms with van der Waals surface area (Å²) in [5.41, 5.74) is -0.574. The second kappa shape index (κ2) is 6.10. The third-order valence-electron chi connectivity index (χ3n) is 2.91. The Labute approximate surface area is 130 Å². The number of hydrogen-bond acceptors (Lipinski definition) is 1. The zero-order valence-electron chi connectivity index (χ0n) is 10.4. The van der Waals surface area contributed by atoms with E-state index in [-0.39, 0.29) is 12.0 Å². The molecule has 104 valence electrons. The Balaban J connectivity index is 2.61. The third kappa shape index (κ3) is 2.83. The molecule has 0 aromatic heterocycles. The van der Waals surface area contributed by atoms with Gasteiger partial charge < -0.3 is 0 Å². The molecule has 2 rings (SSSR count). The summed E-state index contributed by atoms with van der Waals surface area (Å²) in [7, 11) is 0. The number of halogens is 4. The van der Waals surface area contributed by atoms with Crippen molar-refractivity contribution in [3.63, 3.8) is 0 Å². The first-order valence-corrected chi connectivity index (χ1v) is 6.46. The van der Waals surface area contributed by atoms with Crippen molar-refractivity contribution in [2.24, 2.45) is 0 Å². The Morgan fingerprint density at radius 1 is 1.14 bits per heavy atom. The quantitative estimate of drug-likeness (QED) is 0.545. The van der Waals surface area contributed by atoms with Gasteiger partial charge in [0.25, 0.3) is 5.69 Å². The number of nitrogens with zero attached hydrogens (tertiary/aromatic N) is 2. The van der Waals surface area contributed by atoms with Crippen molar-refractivity contribution in [1.82, 2.24) is 0 Å². The van der Waals surface area contributed by atoms with Crippen LogP contribution in [0.4, 0.5) is 14.5 Å². The average Bonchev–Trinajstić information content (AvgIpc) is 2.47. The van der Waals surface area contributed by atoms with Crippen molar-refractivity contribution in [1.29, 1.82) is 5.26 Å². The maximum atomic E-state index is 14.0. The van der Waals surface area contributed by atoms with Gasteiger partial charge in [-0.25, -0.2) is 13.6 Å². The highest BCUT2D eigenvalue weighted by Gasteiger charge is 2.23. The first kappa shape index (κ1) is 15.3. The van der Waals surface area contributed by atoms with Crippen LogP contribution in [-0.4, -0.2) is 0 Å². The Morgan fingerprint density at radius 3 is 2.29 bits per heavy atom. The van der Waals surface area contributed by atoms with E-state index in [1.807, 2.05) is 0 Å². The SMILES string of the molecule is [C-]#[N+]c1c(F)c(Cl)c(Cc2ccc(Cl)cc2)c(C#N)c1F. The van der Waals surface area contributed by atoms with Gasteiger partial charge in [-0.1, -0.05) is 35.3 Å². The van der Waals surface area contributed by atoms with E-state index in [9.17, 15) is 8.78 Å².